The van der Waals surface area contributed by atoms with Gasteiger partial charge in [0.15, 0.2) is 16.3 Å². The summed E-state index contributed by atoms with van der Waals surface area (Å²) in [5.41, 5.74) is 3.30. The number of ether oxygens (including phenoxy) is 1. The average molecular weight is 356 g/mol. The highest BCUT2D eigenvalue weighted by Crippen LogP contribution is 2.27. The van der Waals surface area contributed by atoms with Gasteiger partial charge in [-0.2, -0.15) is 0 Å². The van der Waals surface area contributed by atoms with E-state index in [0.29, 0.717) is 17.7 Å². The molecular weight excluding hydrogens is 336 g/mol. The molecule has 0 saturated carbocycles. The van der Waals surface area contributed by atoms with Crippen LogP contribution >= 0.6 is 11.8 Å². The lowest BCUT2D eigenvalue weighted by Crippen LogP contribution is -2.16. The summed E-state index contributed by atoms with van der Waals surface area (Å²) in [6.45, 7) is 3.57. The molecule has 7 heteroatoms. The molecule has 1 N–H and O–H groups in total. The highest BCUT2D eigenvalue weighted by atomic mass is 32.2. The number of fused-ring (bicyclic) bond motifs is 1. The van der Waals surface area contributed by atoms with Gasteiger partial charge >= 0.3 is 0 Å². The van der Waals surface area contributed by atoms with E-state index in [1.165, 1.54) is 17.5 Å². The van der Waals surface area contributed by atoms with Gasteiger partial charge in [-0.3, -0.25) is 4.79 Å². The largest absolute Gasteiger partial charge is 0.376 e. The lowest BCUT2D eigenvalue weighted by Gasteiger charge is -2.13. The van der Waals surface area contributed by atoms with Gasteiger partial charge in [0.05, 0.1) is 19.0 Å². The molecule has 1 saturated heterocycles. The molecular formula is C18H20N4O2S. The second kappa shape index (κ2) is 7.01. The van der Waals surface area contributed by atoms with Crippen molar-refractivity contribution < 1.29 is 4.74 Å². The van der Waals surface area contributed by atoms with Crippen molar-refractivity contribution in [1.82, 2.24) is 19.5 Å². The molecule has 0 spiro atoms. The highest BCUT2D eigenvalue weighted by molar-refractivity contribution is 7.98. The van der Waals surface area contributed by atoms with E-state index < -0.39 is 0 Å². The summed E-state index contributed by atoms with van der Waals surface area (Å²) in [6.07, 6.45) is 3.71. The summed E-state index contributed by atoms with van der Waals surface area (Å²) < 4.78 is 7.80. The zero-order valence-electron chi connectivity index (χ0n) is 14.1. The van der Waals surface area contributed by atoms with Gasteiger partial charge in [-0.25, -0.2) is 9.97 Å². The SMILES string of the molecule is Cc1cccc(CSc2nc3c(=O)[nH]cnc3n2C[C@@H]2CCCO2)c1. The van der Waals surface area contributed by atoms with Crippen LogP contribution in [0.1, 0.15) is 24.0 Å². The lowest BCUT2D eigenvalue weighted by molar-refractivity contribution is 0.0958. The number of imidazole rings is 1. The maximum atomic E-state index is 12.1. The third-order valence-corrected chi connectivity index (χ3v) is 5.41. The summed E-state index contributed by atoms with van der Waals surface area (Å²) in [5, 5.41) is 0.816. The highest BCUT2D eigenvalue weighted by Gasteiger charge is 2.21. The molecule has 0 aliphatic carbocycles. The maximum Gasteiger partial charge on any atom is 0.278 e. The molecule has 130 valence electrons. The molecule has 4 rings (SSSR count). The molecule has 1 fully saturated rings. The minimum Gasteiger partial charge on any atom is -0.376 e. The molecule has 0 amide bonds. The Morgan fingerprint density at radius 3 is 3.16 bits per heavy atom. The lowest BCUT2D eigenvalue weighted by atomic mass is 10.2. The molecule has 6 nitrogen and oxygen atoms in total. The molecule has 0 radical (unpaired) electrons. The van der Waals surface area contributed by atoms with Crippen LogP contribution in [-0.4, -0.2) is 32.2 Å². The second-order valence-corrected chi connectivity index (χ2v) is 7.26. The number of thioether (sulfide) groups is 1. The number of aromatic nitrogens is 4. The first-order valence-corrected chi connectivity index (χ1v) is 9.43. The van der Waals surface area contributed by atoms with Crippen LogP contribution in [-0.2, 0) is 17.0 Å². The van der Waals surface area contributed by atoms with Crippen molar-refractivity contribution in [3.63, 3.8) is 0 Å². The van der Waals surface area contributed by atoms with Crippen molar-refractivity contribution in [2.24, 2.45) is 0 Å². The number of benzene rings is 1. The Bertz CT molecular complexity index is 944. The van der Waals surface area contributed by atoms with Crippen LogP contribution in [0.3, 0.4) is 0 Å². The molecule has 1 atom stereocenters. The molecule has 3 aromatic rings. The first-order chi connectivity index (χ1) is 12.2. The zero-order chi connectivity index (χ0) is 17.2. The molecule has 3 heterocycles. The van der Waals surface area contributed by atoms with Crippen molar-refractivity contribution in [2.45, 2.75) is 43.3 Å². The molecule has 1 aromatic carbocycles. The summed E-state index contributed by atoms with van der Waals surface area (Å²) in [6, 6.07) is 8.43. The van der Waals surface area contributed by atoms with Crippen LogP contribution in [0.25, 0.3) is 11.2 Å². The van der Waals surface area contributed by atoms with Crippen LogP contribution in [0.4, 0.5) is 0 Å². The number of rotatable bonds is 5. The quantitative estimate of drug-likeness (QED) is 0.712. The minimum absolute atomic E-state index is 0.164. The third kappa shape index (κ3) is 3.48. The molecule has 1 aliphatic rings. The Morgan fingerprint density at radius 1 is 1.44 bits per heavy atom. The van der Waals surface area contributed by atoms with E-state index in [-0.39, 0.29) is 11.7 Å². The average Bonchev–Trinajstić information content (AvgIpc) is 3.23. The summed E-state index contributed by atoms with van der Waals surface area (Å²) in [5.74, 6) is 0.800. The van der Waals surface area contributed by atoms with E-state index in [1.54, 1.807) is 11.8 Å². The molecule has 2 aromatic heterocycles. The van der Waals surface area contributed by atoms with E-state index in [0.717, 1.165) is 30.4 Å². The smallest absolute Gasteiger partial charge is 0.278 e. The zero-order valence-corrected chi connectivity index (χ0v) is 14.9. The Morgan fingerprint density at radius 2 is 2.36 bits per heavy atom. The number of aryl methyl sites for hydroxylation is 1. The number of aromatic amines is 1. The molecule has 0 unspecified atom stereocenters. The molecule has 0 bridgehead atoms. The summed E-state index contributed by atoms with van der Waals surface area (Å²) >= 11 is 1.63. The first kappa shape index (κ1) is 16.4. The van der Waals surface area contributed by atoms with Crippen LogP contribution in [0.2, 0.25) is 0 Å². The van der Waals surface area contributed by atoms with Gasteiger partial charge in [-0.05, 0) is 25.3 Å². The van der Waals surface area contributed by atoms with Gasteiger partial charge in [0, 0.05) is 12.4 Å². The summed E-state index contributed by atoms with van der Waals surface area (Å²) in [4.78, 5) is 23.6. The van der Waals surface area contributed by atoms with E-state index in [4.69, 9.17) is 4.74 Å². The van der Waals surface area contributed by atoms with E-state index in [9.17, 15) is 4.79 Å². The second-order valence-electron chi connectivity index (χ2n) is 6.32. The number of H-pyrrole nitrogens is 1. The fraction of sp³-hybridized carbons (Fsp3) is 0.389. The van der Waals surface area contributed by atoms with Gasteiger partial charge < -0.3 is 14.3 Å². The molecule has 1 aliphatic heterocycles. The topological polar surface area (TPSA) is 72.8 Å². The van der Waals surface area contributed by atoms with Gasteiger partial charge in [0.1, 0.15) is 0 Å². The van der Waals surface area contributed by atoms with E-state index >= 15 is 0 Å². The summed E-state index contributed by atoms with van der Waals surface area (Å²) in [7, 11) is 0. The Labute approximate surface area is 149 Å². The monoisotopic (exact) mass is 356 g/mol. The first-order valence-electron chi connectivity index (χ1n) is 8.44. The number of hydrogen-bond acceptors (Lipinski definition) is 5. The van der Waals surface area contributed by atoms with Crippen molar-refractivity contribution >= 4 is 22.9 Å². The third-order valence-electron chi connectivity index (χ3n) is 4.36. The van der Waals surface area contributed by atoms with Crippen molar-refractivity contribution in [2.75, 3.05) is 6.61 Å². The van der Waals surface area contributed by atoms with Crippen molar-refractivity contribution in [1.29, 1.82) is 0 Å². The maximum absolute atomic E-state index is 12.1. The van der Waals surface area contributed by atoms with Crippen LogP contribution < -0.4 is 5.56 Å². The Hall–Kier alpha value is -2.12. The predicted octanol–water partition coefficient (Wildman–Crippen LogP) is 2.90. The fourth-order valence-electron chi connectivity index (χ4n) is 3.14. The minimum atomic E-state index is -0.200. The van der Waals surface area contributed by atoms with Gasteiger partial charge in [-0.1, -0.05) is 41.6 Å². The molecule has 25 heavy (non-hydrogen) atoms. The fourth-order valence-corrected chi connectivity index (χ4v) is 4.09. The Kier molecular flexibility index (Phi) is 4.59. The van der Waals surface area contributed by atoms with Gasteiger partial charge in [0.2, 0.25) is 0 Å². The van der Waals surface area contributed by atoms with Crippen LogP contribution in [0.15, 0.2) is 40.5 Å². The van der Waals surface area contributed by atoms with Crippen LogP contribution in [0.5, 0.6) is 0 Å². The van der Waals surface area contributed by atoms with Gasteiger partial charge in [-0.15, -0.1) is 0 Å². The number of nitrogens with one attached hydrogen (secondary N) is 1. The normalized spacial score (nSPS) is 17.4. The predicted molar refractivity (Wildman–Crippen MR) is 97.9 cm³/mol. The van der Waals surface area contributed by atoms with Crippen molar-refractivity contribution in [3.8, 4) is 0 Å². The number of hydrogen-bond donors (Lipinski definition) is 1. The number of nitrogens with zero attached hydrogens (tertiary/aromatic N) is 3. The standard InChI is InChI=1S/C18H20N4O2S/c1-12-4-2-5-13(8-12)10-25-18-21-15-16(19-11-20-17(15)23)22(18)9-14-6-3-7-24-14/h2,4-5,8,11,14H,3,6-7,9-10H2,1H3,(H,19,20,23)/t14-/m0/s1. The van der Waals surface area contributed by atoms with Crippen LogP contribution in [0, 0.1) is 6.92 Å². The Balaban J connectivity index is 1.66. The van der Waals surface area contributed by atoms with E-state index in [1.807, 2.05) is 4.57 Å². The van der Waals surface area contributed by atoms with Gasteiger partial charge in [0.25, 0.3) is 5.56 Å². The van der Waals surface area contributed by atoms with Crippen molar-refractivity contribution in [3.05, 3.63) is 52.1 Å². The van der Waals surface area contributed by atoms with E-state index in [2.05, 4.69) is 46.1 Å².